The molecule has 3 aromatic rings. The van der Waals surface area contributed by atoms with Gasteiger partial charge in [0.1, 0.15) is 29.5 Å². The third kappa shape index (κ3) is 6.29. The Morgan fingerprint density at radius 3 is 2.14 bits per heavy atom. The number of hydrogen-bond acceptors (Lipinski definition) is 13. The lowest BCUT2D eigenvalue weighted by atomic mass is 9.79. The number of benzene rings is 3. The van der Waals surface area contributed by atoms with Crippen LogP contribution in [0.4, 0.5) is 0 Å². The number of aliphatic hydroxyl groups is 3. The predicted octanol–water partition coefficient (Wildman–Crippen LogP) is 3.71. The zero-order valence-electron chi connectivity index (χ0n) is 29.1. The maximum absolute atomic E-state index is 14.1. The van der Waals surface area contributed by atoms with Gasteiger partial charge in [0, 0.05) is 52.3 Å². The molecule has 0 radical (unpaired) electrons. The Bertz CT molecular complexity index is 1850. The molecule has 4 aliphatic rings. The van der Waals surface area contributed by atoms with Gasteiger partial charge in [0.2, 0.25) is 0 Å². The normalized spacial score (nSPS) is 33.9. The standard InChI is InChI=1S/C38H44O13/c1-15-10-21-26(46-5)12-22-32(31(21)23(39)11-15)37(44)20-7-6-19(36(43)33(20)38(22)45)27-14-28(35(42)18(4)47-27)51-29-9-8-25(16(2)48-29)50-30-13-24(40)34(41)17(3)49-30/h6-7,10-12,16-18,24-25,27-30,34-35,39-43H,8-9,13-14H2,1-5H3. The summed E-state index contributed by atoms with van der Waals surface area (Å²) in [6.07, 6.45) is -6.68. The molecule has 51 heavy (non-hydrogen) atoms. The highest BCUT2D eigenvalue weighted by Gasteiger charge is 2.44. The summed E-state index contributed by atoms with van der Waals surface area (Å²) in [4.78, 5) is 28.0. The zero-order valence-corrected chi connectivity index (χ0v) is 29.1. The molecule has 0 bridgehead atoms. The van der Waals surface area contributed by atoms with E-state index < -0.39 is 78.7 Å². The number of fused-ring (bicyclic) bond motifs is 4. The van der Waals surface area contributed by atoms with Crippen LogP contribution >= 0.6 is 0 Å². The van der Waals surface area contributed by atoms with Gasteiger partial charge in [-0.3, -0.25) is 9.59 Å². The zero-order chi connectivity index (χ0) is 36.5. The van der Waals surface area contributed by atoms with Gasteiger partial charge in [-0.25, -0.2) is 0 Å². The second-order valence-corrected chi connectivity index (χ2v) is 14.1. The van der Waals surface area contributed by atoms with E-state index >= 15 is 0 Å². The third-order valence-corrected chi connectivity index (χ3v) is 10.6. The molecule has 3 aromatic carbocycles. The fourth-order valence-corrected chi connectivity index (χ4v) is 7.87. The minimum atomic E-state index is -1.02. The van der Waals surface area contributed by atoms with E-state index in [4.69, 9.17) is 28.4 Å². The fourth-order valence-electron chi connectivity index (χ4n) is 7.87. The minimum Gasteiger partial charge on any atom is -0.507 e. The monoisotopic (exact) mass is 708 g/mol. The molecule has 1 aliphatic carbocycles. The summed E-state index contributed by atoms with van der Waals surface area (Å²) in [5.74, 6) is -1.39. The van der Waals surface area contributed by atoms with Gasteiger partial charge >= 0.3 is 0 Å². The van der Waals surface area contributed by atoms with E-state index in [2.05, 4.69) is 0 Å². The van der Waals surface area contributed by atoms with Crippen molar-refractivity contribution in [1.82, 2.24) is 0 Å². The summed E-state index contributed by atoms with van der Waals surface area (Å²) in [7, 11) is 1.43. The molecule has 13 nitrogen and oxygen atoms in total. The first-order valence-electron chi connectivity index (χ1n) is 17.4. The van der Waals surface area contributed by atoms with E-state index in [9.17, 15) is 35.1 Å². The number of methoxy groups -OCH3 is 1. The van der Waals surface area contributed by atoms with E-state index in [1.54, 1.807) is 26.8 Å². The highest BCUT2D eigenvalue weighted by Crippen LogP contribution is 2.46. The minimum absolute atomic E-state index is 0.00203. The Morgan fingerprint density at radius 1 is 0.745 bits per heavy atom. The van der Waals surface area contributed by atoms with Crippen LogP contribution in [0.1, 0.15) is 95.5 Å². The van der Waals surface area contributed by atoms with E-state index in [1.807, 2.05) is 6.92 Å². The molecule has 11 unspecified atom stereocenters. The average Bonchev–Trinajstić information content (AvgIpc) is 3.08. The molecule has 3 fully saturated rings. The number of ketones is 2. The van der Waals surface area contributed by atoms with Crippen molar-refractivity contribution in [2.24, 2.45) is 0 Å². The van der Waals surface area contributed by atoms with Crippen molar-refractivity contribution < 1.29 is 63.5 Å². The van der Waals surface area contributed by atoms with Crippen LogP contribution in [0.15, 0.2) is 30.3 Å². The first kappa shape index (κ1) is 35.7. The second-order valence-electron chi connectivity index (χ2n) is 14.1. The van der Waals surface area contributed by atoms with Crippen molar-refractivity contribution in [3.05, 3.63) is 63.7 Å². The van der Waals surface area contributed by atoms with Crippen LogP contribution in [0, 0.1) is 6.92 Å². The summed E-state index contributed by atoms with van der Waals surface area (Å²) in [5, 5.41) is 54.4. The SMILES string of the molecule is COc1cc2c(c3c(O)cc(C)cc13)C(=O)c1ccc(C3CC(OC4CCC(OC5CC(O)C(O)C(C)O5)C(C)O4)C(O)C(C)O3)c(O)c1C2=O. The molecule has 3 aliphatic heterocycles. The summed E-state index contributed by atoms with van der Waals surface area (Å²) in [6, 6.07) is 7.76. The Hall–Kier alpha value is -3.66. The highest BCUT2D eigenvalue weighted by atomic mass is 16.7. The Balaban J connectivity index is 1.09. The Labute approximate surface area is 294 Å². The molecule has 3 heterocycles. The van der Waals surface area contributed by atoms with Gasteiger partial charge in [-0.1, -0.05) is 6.07 Å². The Morgan fingerprint density at radius 2 is 1.43 bits per heavy atom. The Kier molecular flexibility index (Phi) is 9.61. The summed E-state index contributed by atoms with van der Waals surface area (Å²) >= 11 is 0. The van der Waals surface area contributed by atoms with Crippen molar-refractivity contribution in [2.75, 3.05) is 7.11 Å². The van der Waals surface area contributed by atoms with Crippen LogP contribution in [0.3, 0.4) is 0 Å². The molecule has 13 heteroatoms. The largest absolute Gasteiger partial charge is 0.507 e. The molecule has 0 saturated carbocycles. The van der Waals surface area contributed by atoms with Crippen LogP contribution < -0.4 is 4.74 Å². The number of carbonyl (C=O) groups is 2. The van der Waals surface area contributed by atoms with E-state index in [1.165, 1.54) is 31.4 Å². The number of phenols is 2. The lowest BCUT2D eigenvalue weighted by Crippen LogP contribution is -2.51. The first-order chi connectivity index (χ1) is 24.3. The lowest BCUT2D eigenvalue weighted by Gasteiger charge is -2.43. The van der Waals surface area contributed by atoms with Crippen LogP contribution in [0.25, 0.3) is 10.8 Å². The van der Waals surface area contributed by atoms with E-state index in [0.29, 0.717) is 24.0 Å². The second kappa shape index (κ2) is 13.7. The van der Waals surface area contributed by atoms with Gasteiger partial charge in [-0.05, 0) is 63.9 Å². The molecule has 0 spiro atoms. The van der Waals surface area contributed by atoms with Crippen molar-refractivity contribution in [2.45, 2.75) is 121 Å². The third-order valence-electron chi connectivity index (χ3n) is 10.6. The predicted molar refractivity (Wildman–Crippen MR) is 180 cm³/mol. The smallest absolute Gasteiger partial charge is 0.198 e. The van der Waals surface area contributed by atoms with Gasteiger partial charge in [-0.2, -0.15) is 0 Å². The molecule has 0 amide bonds. The molecule has 274 valence electrons. The maximum Gasteiger partial charge on any atom is 0.198 e. The summed E-state index contributed by atoms with van der Waals surface area (Å²) in [5.41, 5.74) is 0.873. The van der Waals surface area contributed by atoms with Crippen molar-refractivity contribution >= 4 is 22.3 Å². The van der Waals surface area contributed by atoms with Crippen molar-refractivity contribution in [1.29, 1.82) is 0 Å². The topological polar surface area (TPSA) is 191 Å². The average molecular weight is 709 g/mol. The van der Waals surface area contributed by atoms with E-state index in [0.717, 1.165) is 5.56 Å². The van der Waals surface area contributed by atoms with Gasteiger partial charge in [0.25, 0.3) is 0 Å². The molecular formula is C38H44O13. The number of aliphatic hydroxyl groups excluding tert-OH is 3. The van der Waals surface area contributed by atoms with Gasteiger partial charge < -0.3 is 54.0 Å². The number of rotatable bonds is 6. The maximum atomic E-state index is 14.1. The summed E-state index contributed by atoms with van der Waals surface area (Å²) in [6.45, 7) is 7.00. The van der Waals surface area contributed by atoms with Gasteiger partial charge in [0.15, 0.2) is 24.1 Å². The molecule has 3 saturated heterocycles. The first-order valence-corrected chi connectivity index (χ1v) is 17.4. The van der Waals surface area contributed by atoms with Gasteiger partial charge in [0.05, 0.1) is 55.4 Å². The lowest BCUT2D eigenvalue weighted by molar-refractivity contribution is -0.306. The van der Waals surface area contributed by atoms with Crippen LogP contribution in [0.2, 0.25) is 0 Å². The van der Waals surface area contributed by atoms with Crippen LogP contribution in [-0.2, 0) is 23.7 Å². The quantitative estimate of drug-likeness (QED) is 0.195. The van der Waals surface area contributed by atoms with Crippen molar-refractivity contribution in [3.8, 4) is 17.2 Å². The number of aromatic hydroxyl groups is 2. The van der Waals surface area contributed by atoms with Crippen LogP contribution in [-0.4, -0.2) is 106 Å². The molecule has 0 aromatic heterocycles. The molecule has 11 atom stereocenters. The van der Waals surface area contributed by atoms with Crippen molar-refractivity contribution in [3.63, 3.8) is 0 Å². The number of aryl methyl sites for hydroxylation is 1. The molecule has 7 rings (SSSR count). The summed E-state index contributed by atoms with van der Waals surface area (Å²) < 4.78 is 35.9. The number of carbonyl (C=O) groups excluding carboxylic acids is 2. The fraction of sp³-hybridized carbons (Fsp3) is 0.526. The van der Waals surface area contributed by atoms with E-state index in [-0.39, 0.29) is 57.9 Å². The molecular weight excluding hydrogens is 664 g/mol. The van der Waals surface area contributed by atoms with Gasteiger partial charge in [-0.15, -0.1) is 0 Å². The number of ether oxygens (including phenoxy) is 6. The number of phenolic OH excluding ortho intramolecular Hbond substituents is 2. The number of hydrogen-bond donors (Lipinski definition) is 5. The highest BCUT2D eigenvalue weighted by molar-refractivity contribution is 6.34. The molecule has 5 N–H and O–H groups in total. The van der Waals surface area contributed by atoms with Crippen LogP contribution in [0.5, 0.6) is 17.2 Å².